The minimum absolute atomic E-state index is 0.511. The molecular weight excluding hydrogens is 168 g/mol. The van der Waals surface area contributed by atoms with Crippen LogP contribution in [0.1, 0.15) is 46.5 Å². The third-order valence-corrected chi connectivity index (χ3v) is 4.08. The van der Waals surface area contributed by atoms with Gasteiger partial charge >= 0.3 is 0 Å². The molecule has 1 aliphatic rings. The van der Waals surface area contributed by atoms with Crippen LogP contribution >= 0.6 is 11.6 Å². The summed E-state index contributed by atoms with van der Waals surface area (Å²) in [5.41, 5.74) is 0.511. The summed E-state index contributed by atoms with van der Waals surface area (Å²) in [6.07, 6.45) is 5.36. The van der Waals surface area contributed by atoms with Gasteiger partial charge < -0.3 is 0 Å². The van der Waals surface area contributed by atoms with Crippen molar-refractivity contribution in [3.05, 3.63) is 0 Å². The Hall–Kier alpha value is 0.290. The van der Waals surface area contributed by atoms with Gasteiger partial charge in [-0.25, -0.2) is 0 Å². The first-order valence-electron chi connectivity index (χ1n) is 5.20. The quantitative estimate of drug-likeness (QED) is 0.584. The van der Waals surface area contributed by atoms with Crippen molar-refractivity contribution in [3.8, 4) is 0 Å². The van der Waals surface area contributed by atoms with Crippen molar-refractivity contribution in [1.29, 1.82) is 0 Å². The molecule has 0 aliphatic heterocycles. The zero-order valence-electron chi connectivity index (χ0n) is 8.57. The highest BCUT2D eigenvalue weighted by Crippen LogP contribution is 2.52. The van der Waals surface area contributed by atoms with Gasteiger partial charge in [-0.15, -0.1) is 11.6 Å². The summed E-state index contributed by atoms with van der Waals surface area (Å²) in [6, 6.07) is 0. The van der Waals surface area contributed by atoms with Crippen LogP contribution in [0.3, 0.4) is 0 Å². The van der Waals surface area contributed by atoms with E-state index >= 15 is 0 Å². The number of alkyl halides is 1. The second-order valence-electron chi connectivity index (χ2n) is 4.70. The highest BCUT2D eigenvalue weighted by atomic mass is 35.5. The fourth-order valence-corrected chi connectivity index (χ4v) is 3.19. The molecule has 0 spiro atoms. The summed E-state index contributed by atoms with van der Waals surface area (Å²) in [7, 11) is 0. The Morgan fingerprint density at radius 1 is 1.50 bits per heavy atom. The van der Waals surface area contributed by atoms with Crippen molar-refractivity contribution >= 4 is 11.6 Å². The molecule has 1 rings (SSSR count). The molecule has 0 N–H and O–H groups in total. The zero-order chi connectivity index (χ0) is 9.19. The zero-order valence-corrected chi connectivity index (χ0v) is 9.32. The summed E-state index contributed by atoms with van der Waals surface area (Å²) < 4.78 is 0. The van der Waals surface area contributed by atoms with Gasteiger partial charge in [-0.1, -0.05) is 33.6 Å². The Kier molecular flexibility index (Phi) is 3.46. The third-order valence-electron chi connectivity index (χ3n) is 3.54. The van der Waals surface area contributed by atoms with Crippen LogP contribution < -0.4 is 0 Å². The average molecular weight is 189 g/mol. The summed E-state index contributed by atoms with van der Waals surface area (Å²) in [6.45, 7) is 6.97. The predicted octanol–water partition coefficient (Wildman–Crippen LogP) is 4.08. The third kappa shape index (κ3) is 1.79. The van der Waals surface area contributed by atoms with E-state index in [1.54, 1.807) is 0 Å². The SMILES string of the molecule is CCCC(C)C1(CCl)CC(C)C1. The van der Waals surface area contributed by atoms with E-state index in [1.807, 2.05) is 0 Å². The van der Waals surface area contributed by atoms with Gasteiger partial charge in [0.05, 0.1) is 0 Å². The second-order valence-corrected chi connectivity index (χ2v) is 4.97. The van der Waals surface area contributed by atoms with Gasteiger partial charge in [0, 0.05) is 5.88 Å². The lowest BCUT2D eigenvalue weighted by molar-refractivity contribution is 0.0267. The van der Waals surface area contributed by atoms with Gasteiger partial charge in [0.2, 0.25) is 0 Å². The van der Waals surface area contributed by atoms with E-state index in [4.69, 9.17) is 11.6 Å². The van der Waals surface area contributed by atoms with Crippen LogP contribution in [0.25, 0.3) is 0 Å². The van der Waals surface area contributed by atoms with Crippen molar-refractivity contribution < 1.29 is 0 Å². The first-order chi connectivity index (χ1) is 5.64. The van der Waals surface area contributed by atoms with E-state index < -0.39 is 0 Å². The van der Waals surface area contributed by atoms with Crippen LogP contribution in [-0.4, -0.2) is 5.88 Å². The lowest BCUT2D eigenvalue weighted by Gasteiger charge is -2.50. The largest absolute Gasteiger partial charge is 0.126 e. The van der Waals surface area contributed by atoms with E-state index in [1.165, 1.54) is 25.7 Å². The van der Waals surface area contributed by atoms with E-state index in [9.17, 15) is 0 Å². The average Bonchev–Trinajstić information content (AvgIpc) is 1.98. The molecule has 1 heteroatoms. The van der Waals surface area contributed by atoms with Crippen LogP contribution in [0.2, 0.25) is 0 Å². The Labute approximate surface area is 81.7 Å². The Morgan fingerprint density at radius 3 is 2.42 bits per heavy atom. The summed E-state index contributed by atoms with van der Waals surface area (Å²) in [5, 5.41) is 0. The fraction of sp³-hybridized carbons (Fsp3) is 1.00. The maximum absolute atomic E-state index is 6.06. The van der Waals surface area contributed by atoms with Crippen LogP contribution in [0.5, 0.6) is 0 Å². The molecule has 0 aromatic rings. The minimum Gasteiger partial charge on any atom is -0.126 e. The molecule has 1 fully saturated rings. The lowest BCUT2D eigenvalue weighted by Crippen LogP contribution is -2.42. The van der Waals surface area contributed by atoms with Gasteiger partial charge in [-0.05, 0) is 30.1 Å². The van der Waals surface area contributed by atoms with Crippen LogP contribution in [0.15, 0.2) is 0 Å². The molecule has 0 aromatic carbocycles. The predicted molar refractivity (Wildman–Crippen MR) is 55.6 cm³/mol. The van der Waals surface area contributed by atoms with E-state index in [2.05, 4.69) is 20.8 Å². The fourth-order valence-electron chi connectivity index (χ4n) is 2.71. The summed E-state index contributed by atoms with van der Waals surface area (Å²) >= 11 is 6.06. The van der Waals surface area contributed by atoms with E-state index in [0.717, 1.165) is 17.7 Å². The van der Waals surface area contributed by atoms with Gasteiger partial charge in [-0.3, -0.25) is 0 Å². The van der Waals surface area contributed by atoms with Crippen molar-refractivity contribution in [2.75, 3.05) is 5.88 Å². The molecule has 0 radical (unpaired) electrons. The maximum Gasteiger partial charge on any atom is 0.0282 e. The van der Waals surface area contributed by atoms with Gasteiger partial charge in [0.1, 0.15) is 0 Å². The highest BCUT2D eigenvalue weighted by Gasteiger charge is 2.44. The molecule has 0 saturated heterocycles. The molecule has 1 unspecified atom stereocenters. The molecule has 1 aliphatic carbocycles. The van der Waals surface area contributed by atoms with Crippen LogP contribution in [-0.2, 0) is 0 Å². The maximum atomic E-state index is 6.06. The monoisotopic (exact) mass is 188 g/mol. The smallest absolute Gasteiger partial charge is 0.0282 e. The molecule has 12 heavy (non-hydrogen) atoms. The molecular formula is C11H21Cl. The molecule has 1 atom stereocenters. The Morgan fingerprint density at radius 2 is 2.08 bits per heavy atom. The Bertz CT molecular complexity index is 136. The van der Waals surface area contributed by atoms with Crippen molar-refractivity contribution in [3.63, 3.8) is 0 Å². The summed E-state index contributed by atoms with van der Waals surface area (Å²) in [5.74, 6) is 2.62. The molecule has 72 valence electrons. The highest BCUT2D eigenvalue weighted by molar-refractivity contribution is 6.18. The minimum atomic E-state index is 0.511. The van der Waals surface area contributed by atoms with Crippen LogP contribution in [0.4, 0.5) is 0 Å². The molecule has 0 amide bonds. The molecule has 0 aromatic heterocycles. The first-order valence-corrected chi connectivity index (χ1v) is 5.74. The lowest BCUT2D eigenvalue weighted by atomic mass is 9.57. The van der Waals surface area contributed by atoms with Crippen molar-refractivity contribution in [1.82, 2.24) is 0 Å². The number of halogens is 1. The standard InChI is InChI=1S/C11H21Cl/c1-4-5-10(3)11(8-12)6-9(2)7-11/h9-10H,4-8H2,1-3H3. The molecule has 1 saturated carbocycles. The first kappa shape index (κ1) is 10.4. The Balaban J connectivity index is 2.45. The summed E-state index contributed by atoms with van der Waals surface area (Å²) in [4.78, 5) is 0. The van der Waals surface area contributed by atoms with Gasteiger partial charge in [0.25, 0.3) is 0 Å². The van der Waals surface area contributed by atoms with Crippen molar-refractivity contribution in [2.45, 2.75) is 46.5 Å². The van der Waals surface area contributed by atoms with Gasteiger partial charge in [-0.2, -0.15) is 0 Å². The van der Waals surface area contributed by atoms with Crippen LogP contribution in [0, 0.1) is 17.3 Å². The van der Waals surface area contributed by atoms with E-state index in [-0.39, 0.29) is 0 Å². The van der Waals surface area contributed by atoms with Crippen molar-refractivity contribution in [2.24, 2.45) is 17.3 Å². The second kappa shape index (κ2) is 4.00. The number of hydrogen-bond donors (Lipinski definition) is 0. The topological polar surface area (TPSA) is 0 Å². The molecule has 0 bridgehead atoms. The van der Waals surface area contributed by atoms with Gasteiger partial charge in [0.15, 0.2) is 0 Å². The number of rotatable bonds is 4. The molecule has 0 nitrogen and oxygen atoms in total. The van der Waals surface area contributed by atoms with E-state index in [0.29, 0.717) is 5.41 Å². The molecule has 0 heterocycles. The number of hydrogen-bond acceptors (Lipinski definition) is 0. The normalized spacial score (nSPS) is 37.5.